The molecule has 0 spiro atoms. The Morgan fingerprint density at radius 3 is 2.50 bits per heavy atom. The largest absolute Gasteiger partial charge is 0.444 e. The van der Waals surface area contributed by atoms with Crippen molar-refractivity contribution in [1.29, 1.82) is 0 Å². The number of carbonyl (C=O) groups excluding carboxylic acids is 1. The number of anilines is 1. The number of halogens is 1. The smallest absolute Gasteiger partial charge is 0.410 e. The number of carbonyl (C=O) groups is 1. The fourth-order valence-corrected chi connectivity index (χ4v) is 3.83. The molecule has 3 atom stereocenters. The first-order valence-electron chi connectivity index (χ1n) is 8.51. The molecule has 1 aliphatic heterocycles. The van der Waals surface area contributed by atoms with Crippen molar-refractivity contribution in [3.05, 3.63) is 17.3 Å². The van der Waals surface area contributed by atoms with E-state index in [-0.39, 0.29) is 6.09 Å². The van der Waals surface area contributed by atoms with Gasteiger partial charge < -0.3 is 15.0 Å². The molecule has 24 heavy (non-hydrogen) atoms. The van der Waals surface area contributed by atoms with Crippen LogP contribution in [-0.2, 0) is 4.74 Å². The highest BCUT2D eigenvalue weighted by atomic mass is 35.5. The Hall–Kier alpha value is -1.56. The number of ether oxygens (including phenoxy) is 1. The normalized spacial score (nSPS) is 26.3. The van der Waals surface area contributed by atoms with Crippen molar-refractivity contribution < 1.29 is 9.53 Å². The Labute approximate surface area is 147 Å². The van der Waals surface area contributed by atoms with Crippen LogP contribution in [0.3, 0.4) is 0 Å². The van der Waals surface area contributed by atoms with E-state index in [1.165, 1.54) is 0 Å². The standard InChI is InChI=1S/C17H25ClN4O2/c1-17(2,3)24-16(23)22-9-12-6-11(7-13(12)10-22)8-19-15-5-4-14(18)20-21-15/h4-5,11-13H,6-10H2,1-3H3,(H,19,21)/t11?,12-,13?/m1/s1. The van der Waals surface area contributed by atoms with Crippen LogP contribution in [0.5, 0.6) is 0 Å². The van der Waals surface area contributed by atoms with Gasteiger partial charge in [-0.05, 0) is 63.5 Å². The van der Waals surface area contributed by atoms with Gasteiger partial charge in [0, 0.05) is 19.6 Å². The fraction of sp³-hybridized carbons (Fsp3) is 0.706. The van der Waals surface area contributed by atoms with E-state index in [4.69, 9.17) is 16.3 Å². The summed E-state index contributed by atoms with van der Waals surface area (Å²) in [5, 5.41) is 11.6. The van der Waals surface area contributed by atoms with E-state index in [2.05, 4.69) is 15.5 Å². The van der Waals surface area contributed by atoms with E-state index in [1.807, 2.05) is 31.7 Å². The zero-order chi connectivity index (χ0) is 17.3. The minimum Gasteiger partial charge on any atom is -0.444 e. The summed E-state index contributed by atoms with van der Waals surface area (Å²) in [6, 6.07) is 3.58. The molecular formula is C17H25ClN4O2. The Bertz CT molecular complexity index is 573. The van der Waals surface area contributed by atoms with Gasteiger partial charge in [0.15, 0.2) is 5.15 Å². The monoisotopic (exact) mass is 352 g/mol. The van der Waals surface area contributed by atoms with Gasteiger partial charge in [-0.15, -0.1) is 10.2 Å². The van der Waals surface area contributed by atoms with Crippen LogP contribution in [0.4, 0.5) is 10.6 Å². The molecule has 2 heterocycles. The molecule has 1 amide bonds. The van der Waals surface area contributed by atoms with E-state index in [0.717, 1.165) is 38.3 Å². The number of rotatable bonds is 3. The van der Waals surface area contributed by atoms with Crippen LogP contribution >= 0.6 is 11.6 Å². The van der Waals surface area contributed by atoms with Crippen molar-refractivity contribution >= 4 is 23.5 Å². The van der Waals surface area contributed by atoms with Crippen molar-refractivity contribution in [3.8, 4) is 0 Å². The number of hydrogen-bond acceptors (Lipinski definition) is 5. The predicted molar refractivity (Wildman–Crippen MR) is 93.0 cm³/mol. The number of nitrogens with zero attached hydrogens (tertiary/aromatic N) is 3. The van der Waals surface area contributed by atoms with Gasteiger partial charge in [-0.2, -0.15) is 0 Å². The molecule has 1 saturated carbocycles. The minimum absolute atomic E-state index is 0.178. The summed E-state index contributed by atoms with van der Waals surface area (Å²) in [6.07, 6.45) is 2.10. The first-order chi connectivity index (χ1) is 11.3. The number of hydrogen-bond donors (Lipinski definition) is 1. The summed E-state index contributed by atoms with van der Waals surface area (Å²) in [5.74, 6) is 2.53. The van der Waals surface area contributed by atoms with E-state index < -0.39 is 5.60 Å². The lowest BCUT2D eigenvalue weighted by Gasteiger charge is -2.25. The third-order valence-corrected chi connectivity index (χ3v) is 4.91. The molecule has 132 valence electrons. The molecule has 2 aliphatic rings. The van der Waals surface area contributed by atoms with Crippen molar-refractivity contribution in [2.75, 3.05) is 25.0 Å². The van der Waals surface area contributed by atoms with Crippen LogP contribution in [0.25, 0.3) is 0 Å². The summed E-state index contributed by atoms with van der Waals surface area (Å²) in [5.41, 5.74) is -0.430. The highest BCUT2D eigenvalue weighted by Crippen LogP contribution is 2.41. The Balaban J connectivity index is 1.45. The van der Waals surface area contributed by atoms with Crippen LogP contribution in [0.2, 0.25) is 5.15 Å². The number of fused-ring (bicyclic) bond motifs is 1. The molecule has 1 aromatic rings. The van der Waals surface area contributed by atoms with Crippen LogP contribution < -0.4 is 5.32 Å². The summed E-state index contributed by atoms with van der Waals surface area (Å²) in [6.45, 7) is 8.24. The topological polar surface area (TPSA) is 67.3 Å². The second-order valence-electron chi connectivity index (χ2n) is 7.87. The highest BCUT2D eigenvalue weighted by Gasteiger charge is 2.43. The molecule has 2 unspecified atom stereocenters. The maximum Gasteiger partial charge on any atom is 0.410 e. The van der Waals surface area contributed by atoms with Crippen molar-refractivity contribution in [1.82, 2.24) is 15.1 Å². The van der Waals surface area contributed by atoms with Gasteiger partial charge in [-0.3, -0.25) is 0 Å². The van der Waals surface area contributed by atoms with E-state index in [9.17, 15) is 4.79 Å². The molecule has 2 fully saturated rings. The first kappa shape index (κ1) is 17.3. The van der Waals surface area contributed by atoms with Gasteiger partial charge in [0.2, 0.25) is 0 Å². The van der Waals surface area contributed by atoms with Crippen molar-refractivity contribution in [2.24, 2.45) is 17.8 Å². The molecule has 1 saturated heterocycles. The third kappa shape index (κ3) is 4.29. The molecule has 7 heteroatoms. The molecular weight excluding hydrogens is 328 g/mol. The number of likely N-dealkylation sites (tertiary alicyclic amines) is 1. The number of nitrogens with one attached hydrogen (secondary N) is 1. The third-order valence-electron chi connectivity index (χ3n) is 4.70. The molecule has 3 rings (SSSR count). The molecule has 1 N–H and O–H groups in total. The molecule has 0 radical (unpaired) electrons. The average molecular weight is 353 g/mol. The van der Waals surface area contributed by atoms with Crippen LogP contribution in [0.15, 0.2) is 12.1 Å². The van der Waals surface area contributed by atoms with Gasteiger partial charge in [0.1, 0.15) is 11.4 Å². The Morgan fingerprint density at radius 1 is 1.29 bits per heavy atom. The second kappa shape index (κ2) is 6.75. The summed E-state index contributed by atoms with van der Waals surface area (Å²) < 4.78 is 5.48. The van der Waals surface area contributed by atoms with E-state index in [0.29, 0.717) is 22.9 Å². The average Bonchev–Trinajstić information content (AvgIpc) is 3.03. The number of aromatic nitrogens is 2. The highest BCUT2D eigenvalue weighted by molar-refractivity contribution is 6.29. The van der Waals surface area contributed by atoms with Crippen molar-refractivity contribution in [2.45, 2.75) is 39.2 Å². The zero-order valence-electron chi connectivity index (χ0n) is 14.5. The fourth-order valence-electron chi connectivity index (χ4n) is 3.73. The lowest BCUT2D eigenvalue weighted by molar-refractivity contribution is 0.0278. The molecule has 1 aromatic heterocycles. The lowest BCUT2D eigenvalue weighted by Crippen LogP contribution is -2.36. The summed E-state index contributed by atoms with van der Waals surface area (Å²) in [4.78, 5) is 14.0. The molecule has 0 aromatic carbocycles. The minimum atomic E-state index is -0.430. The zero-order valence-corrected chi connectivity index (χ0v) is 15.2. The SMILES string of the molecule is CC(C)(C)OC(=O)N1CC2CC(CNc3ccc(Cl)nn3)C[C@@H]2C1. The summed E-state index contributed by atoms with van der Waals surface area (Å²) >= 11 is 5.74. The Kier molecular flexibility index (Phi) is 4.85. The summed E-state index contributed by atoms with van der Waals surface area (Å²) in [7, 11) is 0. The van der Waals surface area contributed by atoms with E-state index in [1.54, 1.807) is 6.07 Å². The maximum absolute atomic E-state index is 12.2. The van der Waals surface area contributed by atoms with Crippen LogP contribution in [-0.4, -0.2) is 46.4 Å². The van der Waals surface area contributed by atoms with Gasteiger partial charge in [-0.25, -0.2) is 4.79 Å². The van der Waals surface area contributed by atoms with Gasteiger partial charge in [0.05, 0.1) is 0 Å². The molecule has 0 bridgehead atoms. The number of amides is 1. The van der Waals surface area contributed by atoms with Crippen LogP contribution in [0.1, 0.15) is 33.6 Å². The Morgan fingerprint density at radius 2 is 1.96 bits per heavy atom. The lowest BCUT2D eigenvalue weighted by atomic mass is 10.0. The van der Waals surface area contributed by atoms with Gasteiger partial charge in [0.25, 0.3) is 0 Å². The molecule has 1 aliphatic carbocycles. The first-order valence-corrected chi connectivity index (χ1v) is 8.89. The van der Waals surface area contributed by atoms with Gasteiger partial charge in [-0.1, -0.05) is 11.6 Å². The molecule has 6 nitrogen and oxygen atoms in total. The quantitative estimate of drug-likeness (QED) is 0.902. The predicted octanol–water partition coefficient (Wildman–Crippen LogP) is 3.44. The van der Waals surface area contributed by atoms with Crippen LogP contribution in [0, 0.1) is 17.8 Å². The van der Waals surface area contributed by atoms with E-state index >= 15 is 0 Å². The second-order valence-corrected chi connectivity index (χ2v) is 8.25. The van der Waals surface area contributed by atoms with Crippen molar-refractivity contribution in [3.63, 3.8) is 0 Å². The van der Waals surface area contributed by atoms with Gasteiger partial charge >= 0.3 is 6.09 Å². The maximum atomic E-state index is 12.2.